The van der Waals surface area contributed by atoms with E-state index in [0.29, 0.717) is 64.4 Å². The SMILES string of the molecule is C=C1/C(=C\C=C2/CCC[C@@]3(C)C2CCC3[C@@H](C)/C=C/C(OC(=O)Nc2ccc(Cc3ccc(NC(=O)OCC4OC(n5ccc(N)nc5=O)C(F)(F)C4O)cc3)cc2)C2CC2)C[C@@H](O)C[C@@H]1O. The second-order valence-corrected chi connectivity index (χ2v) is 19.2. The standard InChI is InChI=1S/C51H61F2N5O9/c1-29(39-19-20-40-33(5-4-23-50(39,40)3)11-14-35-26-38(59)27-41(60)30(35)2)6-21-42(34-12-13-34)67-49(64)56-37-17-9-32(10-18-37)25-31-7-15-36(16-8-31)55-48(63)65-28-43-45(61)51(52,53)46(66-43)58-24-22-44(54)57-47(58)62/h6-11,14-18,21-22,24,29,34,38-43,45-46,59-61H,2,4-5,12-13,19-20,23,25-28H2,1,3H3,(H,55,63)(H,56,64)(H2,54,57,62)/b21-6+,33-11+,35-14-/t29-,38+,39?,40?,41-,42?,43?,45?,46?,50+/m0/s1. The largest absolute Gasteiger partial charge is 0.446 e. The van der Waals surface area contributed by atoms with Gasteiger partial charge in [0.2, 0.25) is 6.23 Å². The number of benzene rings is 2. The molecule has 5 fully saturated rings. The number of aliphatic hydroxyl groups is 3. The van der Waals surface area contributed by atoms with Crippen molar-refractivity contribution in [1.82, 2.24) is 9.55 Å². The van der Waals surface area contributed by atoms with Gasteiger partial charge in [-0.2, -0.15) is 13.8 Å². The fourth-order valence-corrected chi connectivity index (χ4v) is 10.7. The Morgan fingerprint density at radius 3 is 2.31 bits per heavy atom. The van der Waals surface area contributed by atoms with Gasteiger partial charge in [0, 0.05) is 24.0 Å². The van der Waals surface area contributed by atoms with Crippen molar-refractivity contribution in [2.45, 2.75) is 121 Å². The predicted octanol–water partition coefficient (Wildman–Crippen LogP) is 8.22. The number of rotatable bonds is 13. The molecule has 0 radical (unpaired) electrons. The molecule has 0 spiro atoms. The third kappa shape index (κ3) is 10.9. The molecule has 1 aliphatic heterocycles. The van der Waals surface area contributed by atoms with Gasteiger partial charge in [-0.15, -0.1) is 0 Å². The number of ether oxygens (including phenoxy) is 3. The summed E-state index contributed by atoms with van der Waals surface area (Å²) in [5.74, 6) is -2.45. The van der Waals surface area contributed by atoms with Crippen molar-refractivity contribution in [2.24, 2.45) is 29.1 Å². The Bertz CT molecular complexity index is 2450. The van der Waals surface area contributed by atoms with Crippen LogP contribution in [-0.2, 0) is 20.6 Å². The molecule has 3 aromatic rings. The number of hydrogen-bond acceptors (Lipinski definition) is 11. The first-order valence-corrected chi connectivity index (χ1v) is 23.3. The van der Waals surface area contributed by atoms with E-state index in [0.717, 1.165) is 67.5 Å². The molecule has 14 nitrogen and oxygen atoms in total. The van der Waals surface area contributed by atoms with Gasteiger partial charge < -0.3 is 35.3 Å². The number of carbonyl (C=O) groups excluding carboxylic acids is 2. The summed E-state index contributed by atoms with van der Waals surface area (Å²) >= 11 is 0. The first-order chi connectivity index (χ1) is 32.0. The topological polar surface area (TPSA) is 207 Å². The molecule has 2 aromatic carbocycles. The van der Waals surface area contributed by atoms with Crippen molar-refractivity contribution >= 4 is 29.4 Å². The number of nitrogens with zero attached hydrogens (tertiary/aromatic N) is 2. The van der Waals surface area contributed by atoms with Crippen molar-refractivity contribution in [1.29, 1.82) is 0 Å². The molecular formula is C51H61F2N5O9. The molecule has 4 saturated carbocycles. The second kappa shape index (κ2) is 19.9. The van der Waals surface area contributed by atoms with Gasteiger partial charge in [-0.3, -0.25) is 15.2 Å². The van der Waals surface area contributed by atoms with Crippen LogP contribution < -0.4 is 22.1 Å². The van der Waals surface area contributed by atoms with E-state index in [4.69, 9.17) is 19.9 Å². The van der Waals surface area contributed by atoms with Gasteiger partial charge >= 0.3 is 23.8 Å². The number of aromatic nitrogens is 2. The minimum atomic E-state index is -3.88. The normalized spacial score (nSPS) is 30.3. The lowest BCUT2D eigenvalue weighted by atomic mass is 9.61. The van der Waals surface area contributed by atoms with E-state index in [9.17, 15) is 38.5 Å². The van der Waals surface area contributed by atoms with Gasteiger partial charge in [0.05, 0.1) is 12.2 Å². The van der Waals surface area contributed by atoms with Crippen LogP contribution in [-0.4, -0.2) is 80.1 Å². The highest BCUT2D eigenvalue weighted by atomic mass is 19.3. The van der Waals surface area contributed by atoms with Crippen LogP contribution in [0.3, 0.4) is 0 Å². The number of nitrogens with one attached hydrogen (secondary N) is 2. The number of nitrogen functional groups attached to an aromatic ring is 1. The Hall–Kier alpha value is -5.68. The van der Waals surface area contributed by atoms with Crippen molar-refractivity contribution in [3.63, 3.8) is 0 Å². The predicted molar refractivity (Wildman–Crippen MR) is 248 cm³/mol. The maximum Gasteiger partial charge on any atom is 0.412 e. The molecule has 2 heterocycles. The van der Waals surface area contributed by atoms with Gasteiger partial charge in [0.1, 0.15) is 24.6 Å². The van der Waals surface area contributed by atoms with E-state index in [2.05, 4.69) is 60.3 Å². The lowest BCUT2D eigenvalue weighted by Crippen LogP contribution is -2.42. The molecule has 16 heteroatoms. The number of carbonyl (C=O) groups is 2. The molecule has 7 N–H and O–H groups in total. The molecule has 1 aromatic heterocycles. The fraction of sp³-hybridized carbons (Fsp3) is 0.490. The van der Waals surface area contributed by atoms with Crippen LogP contribution in [0.15, 0.2) is 113 Å². The zero-order valence-electron chi connectivity index (χ0n) is 37.9. The molecule has 1 saturated heterocycles. The van der Waals surface area contributed by atoms with Crippen LogP contribution in [0.25, 0.3) is 0 Å². The molecular weight excluding hydrogens is 865 g/mol. The smallest absolute Gasteiger partial charge is 0.412 e. The summed E-state index contributed by atoms with van der Waals surface area (Å²) in [6, 6.07) is 15.5. The molecule has 2 amide bonds. The van der Waals surface area contributed by atoms with Gasteiger partial charge in [-0.1, -0.05) is 68.5 Å². The minimum absolute atomic E-state index is 0.160. The first-order valence-electron chi connectivity index (χ1n) is 23.3. The Morgan fingerprint density at radius 1 is 0.985 bits per heavy atom. The molecule has 8 rings (SSSR count). The zero-order chi connectivity index (χ0) is 47.6. The van der Waals surface area contributed by atoms with Crippen molar-refractivity contribution in [2.75, 3.05) is 23.0 Å². The molecule has 5 aliphatic rings. The number of halogens is 2. The van der Waals surface area contributed by atoms with E-state index >= 15 is 0 Å². The van der Waals surface area contributed by atoms with E-state index in [-0.39, 0.29) is 17.3 Å². The summed E-state index contributed by atoms with van der Waals surface area (Å²) in [4.78, 5) is 41.2. The Morgan fingerprint density at radius 2 is 1.66 bits per heavy atom. The number of aliphatic hydroxyl groups excluding tert-OH is 3. The lowest BCUT2D eigenvalue weighted by Gasteiger charge is -2.44. The third-order valence-electron chi connectivity index (χ3n) is 14.5. The number of nitrogens with two attached hydrogens (primary N) is 1. The number of anilines is 3. The van der Waals surface area contributed by atoms with E-state index in [1.165, 1.54) is 12.0 Å². The highest BCUT2D eigenvalue weighted by Crippen LogP contribution is 2.59. The zero-order valence-corrected chi connectivity index (χ0v) is 37.9. The van der Waals surface area contributed by atoms with Crippen molar-refractivity contribution in [3.05, 3.63) is 130 Å². The van der Waals surface area contributed by atoms with Gasteiger partial charge in [0.25, 0.3) is 0 Å². The van der Waals surface area contributed by atoms with Crippen LogP contribution in [0.2, 0.25) is 0 Å². The van der Waals surface area contributed by atoms with Gasteiger partial charge in [-0.05, 0) is 146 Å². The Labute approximate surface area is 388 Å². The van der Waals surface area contributed by atoms with Crippen LogP contribution in [0.4, 0.5) is 35.6 Å². The number of alkyl halides is 2. The van der Waals surface area contributed by atoms with E-state index in [1.54, 1.807) is 12.1 Å². The summed E-state index contributed by atoms with van der Waals surface area (Å²) < 4.78 is 46.5. The monoisotopic (exact) mass is 925 g/mol. The van der Waals surface area contributed by atoms with Crippen molar-refractivity contribution < 1.29 is 47.9 Å². The molecule has 10 atom stereocenters. The summed E-state index contributed by atoms with van der Waals surface area (Å²) in [7, 11) is 0. The number of allylic oxidation sites excluding steroid dienone is 4. The number of amides is 2. The average molecular weight is 926 g/mol. The maximum atomic E-state index is 14.8. The van der Waals surface area contributed by atoms with E-state index in [1.807, 2.05) is 36.4 Å². The minimum Gasteiger partial charge on any atom is -0.446 e. The molecule has 0 bridgehead atoms. The third-order valence-corrected chi connectivity index (χ3v) is 14.5. The number of hydrogen-bond donors (Lipinski definition) is 6. The quantitative estimate of drug-likeness (QED) is 0.0901. The fourth-order valence-electron chi connectivity index (χ4n) is 10.7. The summed E-state index contributed by atoms with van der Waals surface area (Å²) in [5.41, 5.74) is 10.5. The van der Waals surface area contributed by atoms with Crippen molar-refractivity contribution in [3.8, 4) is 0 Å². The maximum absolute atomic E-state index is 14.8. The number of fused-ring (bicyclic) bond motifs is 1. The summed E-state index contributed by atoms with van der Waals surface area (Å²) in [5, 5.41) is 36.2. The van der Waals surface area contributed by atoms with Crippen LogP contribution in [0, 0.1) is 29.1 Å². The highest BCUT2D eigenvalue weighted by Gasteiger charge is 2.60. The summed E-state index contributed by atoms with van der Waals surface area (Å²) in [6.45, 7) is 8.11. The summed E-state index contributed by atoms with van der Waals surface area (Å²) in [6.07, 6.45) is 9.60. The molecule has 67 heavy (non-hydrogen) atoms. The Balaban J connectivity index is 0.788. The van der Waals surface area contributed by atoms with Gasteiger partial charge in [-0.25, -0.2) is 14.4 Å². The van der Waals surface area contributed by atoms with E-state index < -0.39 is 61.0 Å². The molecule has 4 aliphatic carbocycles. The lowest BCUT2D eigenvalue weighted by molar-refractivity contribution is -0.140. The average Bonchev–Trinajstić information content (AvgIpc) is 4.03. The molecule has 6 unspecified atom stereocenters. The van der Waals surface area contributed by atoms with Crippen LogP contribution in [0.1, 0.15) is 89.0 Å². The molecule has 358 valence electrons. The van der Waals surface area contributed by atoms with Crippen LogP contribution >= 0.6 is 0 Å². The van der Waals surface area contributed by atoms with Crippen LogP contribution in [0.5, 0.6) is 0 Å². The van der Waals surface area contributed by atoms with Gasteiger partial charge in [0.15, 0.2) is 6.10 Å². The second-order valence-electron chi connectivity index (χ2n) is 19.2. The first kappa shape index (κ1) is 47.8. The highest BCUT2D eigenvalue weighted by molar-refractivity contribution is 5.85. The Kier molecular flexibility index (Phi) is 14.2.